The molecule has 0 saturated carbocycles. The Balaban J connectivity index is 2.04. The Hall–Kier alpha value is -1.97. The Kier molecular flexibility index (Phi) is 3.62. The summed E-state index contributed by atoms with van der Waals surface area (Å²) < 4.78 is 12.4. The maximum Gasteiger partial charge on any atom is 0.320 e. The van der Waals surface area contributed by atoms with Crippen molar-refractivity contribution in [3.8, 4) is 6.01 Å². The van der Waals surface area contributed by atoms with Gasteiger partial charge in [-0.25, -0.2) is 4.98 Å². The first-order valence-electron chi connectivity index (χ1n) is 6.58. The van der Waals surface area contributed by atoms with Crippen LogP contribution in [-0.4, -0.2) is 62.7 Å². The summed E-state index contributed by atoms with van der Waals surface area (Å²) in [7, 11) is 3.22. The van der Waals surface area contributed by atoms with E-state index in [1.54, 1.807) is 17.9 Å². The predicted octanol–water partition coefficient (Wildman–Crippen LogP) is -0.483. The average molecular weight is 295 g/mol. The van der Waals surface area contributed by atoms with E-state index in [0.717, 1.165) is 0 Å². The zero-order valence-corrected chi connectivity index (χ0v) is 11.7. The molecular formula is C12H17N5O4. The number of aliphatic hydroxyl groups is 2. The molecule has 3 N–H and O–H groups in total. The highest BCUT2D eigenvalue weighted by molar-refractivity contribution is 5.83. The van der Waals surface area contributed by atoms with Crippen LogP contribution in [0.4, 0.5) is 5.82 Å². The van der Waals surface area contributed by atoms with Crippen LogP contribution >= 0.6 is 0 Å². The van der Waals surface area contributed by atoms with Gasteiger partial charge in [-0.2, -0.15) is 9.97 Å². The van der Waals surface area contributed by atoms with Gasteiger partial charge in [-0.3, -0.25) is 4.57 Å². The lowest BCUT2D eigenvalue weighted by Crippen LogP contribution is -2.24. The van der Waals surface area contributed by atoms with Crippen molar-refractivity contribution in [2.24, 2.45) is 0 Å². The average Bonchev–Trinajstić information content (AvgIpc) is 3.08. The molecule has 9 heteroatoms. The molecule has 0 radical (unpaired) electrons. The monoisotopic (exact) mass is 295 g/mol. The zero-order chi connectivity index (χ0) is 15.0. The molecule has 0 amide bonds. The molecule has 1 aliphatic rings. The molecule has 3 atom stereocenters. The summed E-state index contributed by atoms with van der Waals surface area (Å²) in [6.07, 6.45) is 0.186. The zero-order valence-electron chi connectivity index (χ0n) is 11.7. The van der Waals surface area contributed by atoms with Crippen LogP contribution in [0.5, 0.6) is 6.01 Å². The van der Waals surface area contributed by atoms with Crippen LogP contribution in [0, 0.1) is 0 Å². The van der Waals surface area contributed by atoms with E-state index in [1.807, 2.05) is 0 Å². The van der Waals surface area contributed by atoms with Crippen molar-refractivity contribution in [3.05, 3.63) is 6.33 Å². The van der Waals surface area contributed by atoms with Crippen molar-refractivity contribution in [2.75, 3.05) is 26.1 Å². The van der Waals surface area contributed by atoms with Crippen LogP contribution < -0.4 is 10.1 Å². The lowest BCUT2D eigenvalue weighted by atomic mass is 10.2. The van der Waals surface area contributed by atoms with Crippen LogP contribution in [0.15, 0.2) is 6.33 Å². The number of methoxy groups -OCH3 is 1. The molecule has 1 saturated heterocycles. The molecule has 9 nitrogen and oxygen atoms in total. The van der Waals surface area contributed by atoms with Crippen molar-refractivity contribution < 1.29 is 19.7 Å². The molecule has 0 aliphatic carbocycles. The summed E-state index contributed by atoms with van der Waals surface area (Å²) in [5, 5.41) is 21.9. The highest BCUT2D eigenvalue weighted by atomic mass is 16.5. The fourth-order valence-electron chi connectivity index (χ4n) is 2.42. The van der Waals surface area contributed by atoms with E-state index < -0.39 is 18.4 Å². The van der Waals surface area contributed by atoms with Crippen molar-refractivity contribution in [3.63, 3.8) is 0 Å². The Morgan fingerprint density at radius 3 is 2.95 bits per heavy atom. The normalized spacial score (nSPS) is 25.4. The van der Waals surface area contributed by atoms with E-state index in [9.17, 15) is 5.11 Å². The number of ether oxygens (including phenoxy) is 2. The van der Waals surface area contributed by atoms with E-state index in [0.29, 0.717) is 23.4 Å². The Bertz CT molecular complexity index is 646. The molecule has 1 fully saturated rings. The van der Waals surface area contributed by atoms with Gasteiger partial charge in [0.15, 0.2) is 17.0 Å². The molecular weight excluding hydrogens is 278 g/mol. The van der Waals surface area contributed by atoms with Crippen LogP contribution in [0.1, 0.15) is 12.6 Å². The Morgan fingerprint density at radius 2 is 2.33 bits per heavy atom. The third kappa shape index (κ3) is 2.28. The molecule has 0 spiro atoms. The van der Waals surface area contributed by atoms with Gasteiger partial charge in [-0.15, -0.1) is 0 Å². The quantitative estimate of drug-likeness (QED) is 0.692. The van der Waals surface area contributed by atoms with Crippen LogP contribution in [0.25, 0.3) is 11.2 Å². The Labute approximate surface area is 120 Å². The summed E-state index contributed by atoms with van der Waals surface area (Å²) in [5.74, 6) is 0.549. The standard InChI is InChI=1S/C12H17N5O4/c1-13-10-9-11(16-12(15-10)20-2)17(5-14-9)8-3-6(19)7(4-18)21-8/h5-8,18-19H,3-4H2,1-2H3,(H,13,15,16)/t6-,7+,8+/m1/s1. The minimum absolute atomic E-state index is 0.214. The predicted molar refractivity (Wildman–Crippen MR) is 73.0 cm³/mol. The molecule has 114 valence electrons. The fourth-order valence-corrected chi connectivity index (χ4v) is 2.42. The summed E-state index contributed by atoms with van der Waals surface area (Å²) in [6.45, 7) is -0.232. The highest BCUT2D eigenvalue weighted by Crippen LogP contribution is 2.32. The van der Waals surface area contributed by atoms with Gasteiger partial charge in [0.05, 0.1) is 26.1 Å². The van der Waals surface area contributed by atoms with Gasteiger partial charge in [0, 0.05) is 13.5 Å². The number of aliphatic hydroxyl groups excluding tert-OH is 2. The van der Waals surface area contributed by atoms with Gasteiger partial charge in [0.1, 0.15) is 12.3 Å². The molecule has 3 heterocycles. The highest BCUT2D eigenvalue weighted by Gasteiger charge is 2.35. The van der Waals surface area contributed by atoms with Gasteiger partial charge in [0.2, 0.25) is 0 Å². The Morgan fingerprint density at radius 1 is 1.52 bits per heavy atom. The number of hydrogen-bond acceptors (Lipinski definition) is 8. The molecule has 1 aliphatic heterocycles. The largest absolute Gasteiger partial charge is 0.467 e. The number of rotatable bonds is 4. The minimum atomic E-state index is -0.718. The van der Waals surface area contributed by atoms with Crippen LogP contribution in [-0.2, 0) is 4.74 Å². The number of aromatic nitrogens is 4. The van der Waals surface area contributed by atoms with Crippen molar-refractivity contribution in [1.82, 2.24) is 19.5 Å². The van der Waals surface area contributed by atoms with Crippen LogP contribution in [0.3, 0.4) is 0 Å². The molecule has 0 aromatic carbocycles. The van der Waals surface area contributed by atoms with Crippen molar-refractivity contribution in [1.29, 1.82) is 0 Å². The van der Waals surface area contributed by atoms with Gasteiger partial charge >= 0.3 is 6.01 Å². The molecule has 3 rings (SSSR count). The van der Waals surface area contributed by atoms with Crippen molar-refractivity contribution >= 4 is 17.0 Å². The summed E-state index contributed by atoms with van der Waals surface area (Å²) in [5.41, 5.74) is 1.13. The lowest BCUT2D eigenvalue weighted by molar-refractivity contribution is -0.0432. The number of anilines is 1. The molecule has 0 bridgehead atoms. The maximum absolute atomic E-state index is 9.84. The second-order valence-electron chi connectivity index (χ2n) is 4.75. The van der Waals surface area contributed by atoms with Gasteiger partial charge in [0.25, 0.3) is 0 Å². The first-order chi connectivity index (χ1) is 10.2. The molecule has 0 unspecified atom stereocenters. The summed E-state index contributed by atoms with van der Waals surface area (Å²) in [4.78, 5) is 12.7. The van der Waals surface area contributed by atoms with Gasteiger partial charge in [-0.05, 0) is 0 Å². The minimum Gasteiger partial charge on any atom is -0.467 e. The van der Waals surface area contributed by atoms with E-state index in [1.165, 1.54) is 7.11 Å². The smallest absolute Gasteiger partial charge is 0.320 e. The number of nitrogens with one attached hydrogen (secondary N) is 1. The van der Waals surface area contributed by atoms with E-state index >= 15 is 0 Å². The van der Waals surface area contributed by atoms with Gasteiger partial charge in [-0.1, -0.05) is 0 Å². The second kappa shape index (κ2) is 5.43. The van der Waals surface area contributed by atoms with E-state index in [2.05, 4.69) is 20.3 Å². The molecule has 2 aromatic heterocycles. The summed E-state index contributed by atoms with van der Waals surface area (Å²) in [6, 6.07) is 0.214. The first kappa shape index (κ1) is 14.0. The third-order valence-electron chi connectivity index (χ3n) is 3.51. The number of nitrogens with zero attached hydrogens (tertiary/aromatic N) is 4. The number of imidazole rings is 1. The molecule has 2 aromatic rings. The fraction of sp³-hybridized carbons (Fsp3) is 0.583. The lowest BCUT2D eigenvalue weighted by Gasteiger charge is -2.14. The number of hydrogen-bond donors (Lipinski definition) is 3. The van der Waals surface area contributed by atoms with Crippen LogP contribution in [0.2, 0.25) is 0 Å². The summed E-state index contributed by atoms with van der Waals surface area (Å²) >= 11 is 0. The maximum atomic E-state index is 9.84. The first-order valence-corrected chi connectivity index (χ1v) is 6.58. The molecule has 21 heavy (non-hydrogen) atoms. The second-order valence-corrected chi connectivity index (χ2v) is 4.75. The topological polar surface area (TPSA) is 115 Å². The van der Waals surface area contributed by atoms with E-state index in [-0.39, 0.29) is 12.6 Å². The van der Waals surface area contributed by atoms with Crippen molar-refractivity contribution in [2.45, 2.75) is 24.9 Å². The van der Waals surface area contributed by atoms with E-state index in [4.69, 9.17) is 14.6 Å². The van der Waals surface area contributed by atoms with Gasteiger partial charge < -0.3 is 25.0 Å². The number of fused-ring (bicyclic) bond motifs is 1. The third-order valence-corrected chi connectivity index (χ3v) is 3.51. The SMILES string of the molecule is CNc1nc(OC)nc2c1ncn2[C@@H]1C[C@@H](O)[C@H](CO)O1.